The highest BCUT2D eigenvalue weighted by atomic mass is 35.5. The Morgan fingerprint density at radius 1 is 1.17 bits per heavy atom. The van der Waals surface area contributed by atoms with Crippen LogP contribution in [0.4, 0.5) is 0 Å². The van der Waals surface area contributed by atoms with Gasteiger partial charge in [0.2, 0.25) is 6.61 Å². The molecular weight excluding hydrogens is 429 g/mol. The molecule has 0 aliphatic carbocycles. The van der Waals surface area contributed by atoms with Gasteiger partial charge in [0.15, 0.2) is 5.75 Å². The average Bonchev–Trinajstić information content (AvgIpc) is 2.73. The minimum Gasteiger partial charge on any atom is -0.496 e. The summed E-state index contributed by atoms with van der Waals surface area (Å²) < 4.78 is 16.2. The van der Waals surface area contributed by atoms with Crippen molar-refractivity contribution in [3.8, 4) is 17.2 Å². The summed E-state index contributed by atoms with van der Waals surface area (Å²) >= 11 is 12.7. The number of halogens is 2. The molecule has 1 atom stereocenters. The Balaban J connectivity index is 2.15. The van der Waals surface area contributed by atoms with Crippen molar-refractivity contribution in [2.24, 2.45) is 5.16 Å². The molecule has 162 valence electrons. The molecule has 0 spiro atoms. The number of carbonyl (C=O) groups excluding carboxylic acids is 1. The van der Waals surface area contributed by atoms with Gasteiger partial charge in [0.25, 0.3) is 0 Å². The first-order chi connectivity index (χ1) is 14.4. The van der Waals surface area contributed by atoms with Crippen molar-refractivity contribution in [3.63, 3.8) is 0 Å². The predicted octanol–water partition coefficient (Wildman–Crippen LogP) is 6.22. The number of esters is 1. The Kier molecular flexibility index (Phi) is 9.27. The van der Waals surface area contributed by atoms with E-state index in [4.69, 9.17) is 42.3 Å². The fourth-order valence-electron chi connectivity index (χ4n) is 2.64. The number of benzene rings is 2. The summed E-state index contributed by atoms with van der Waals surface area (Å²) in [6.45, 7) is 5.96. The third-order valence-corrected chi connectivity index (χ3v) is 4.91. The van der Waals surface area contributed by atoms with Gasteiger partial charge in [-0.05, 0) is 55.2 Å². The van der Waals surface area contributed by atoms with E-state index in [1.807, 2.05) is 12.1 Å². The van der Waals surface area contributed by atoms with E-state index in [-0.39, 0.29) is 13.2 Å². The summed E-state index contributed by atoms with van der Waals surface area (Å²) in [5, 5.41) is 4.35. The monoisotopic (exact) mass is 453 g/mol. The molecule has 0 heterocycles. The minimum absolute atomic E-state index is 0.275. The Bertz CT molecular complexity index is 878. The number of methoxy groups -OCH3 is 1. The Hall–Kier alpha value is -2.44. The second kappa shape index (κ2) is 11.7. The first-order valence-electron chi connectivity index (χ1n) is 9.55. The number of hydrogen-bond donors (Lipinski definition) is 0. The van der Waals surface area contributed by atoms with Crippen LogP contribution < -0.4 is 9.47 Å². The Labute approximate surface area is 186 Å². The summed E-state index contributed by atoms with van der Waals surface area (Å²) in [4.78, 5) is 16.1. The van der Waals surface area contributed by atoms with Crippen LogP contribution in [-0.4, -0.2) is 32.5 Å². The first-order valence-corrected chi connectivity index (χ1v) is 10.3. The Morgan fingerprint density at radius 2 is 1.87 bits per heavy atom. The lowest BCUT2D eigenvalue weighted by molar-refractivity contribution is -0.148. The van der Waals surface area contributed by atoms with Crippen molar-refractivity contribution < 1.29 is 23.8 Å². The molecule has 0 N–H and O–H groups in total. The molecule has 0 bridgehead atoms. The van der Waals surface area contributed by atoms with Crippen LogP contribution >= 0.6 is 23.2 Å². The van der Waals surface area contributed by atoms with Gasteiger partial charge in [-0.2, -0.15) is 0 Å². The molecule has 2 aromatic carbocycles. The fraction of sp³-hybridized carbons (Fsp3) is 0.364. The van der Waals surface area contributed by atoms with Gasteiger partial charge < -0.3 is 19.0 Å². The zero-order valence-electron chi connectivity index (χ0n) is 17.4. The number of hydrogen-bond acceptors (Lipinski definition) is 6. The molecule has 0 aliphatic heterocycles. The van der Waals surface area contributed by atoms with Crippen molar-refractivity contribution in [2.75, 3.05) is 20.3 Å². The number of carbonyl (C=O) groups is 1. The lowest BCUT2D eigenvalue weighted by Crippen LogP contribution is -2.10. The van der Waals surface area contributed by atoms with Gasteiger partial charge in [0, 0.05) is 5.56 Å². The van der Waals surface area contributed by atoms with E-state index in [9.17, 15) is 4.79 Å². The minimum atomic E-state index is -0.495. The first kappa shape index (κ1) is 23.8. The van der Waals surface area contributed by atoms with Crippen molar-refractivity contribution in [1.82, 2.24) is 0 Å². The van der Waals surface area contributed by atoms with Crippen LogP contribution in [-0.2, 0) is 14.4 Å². The summed E-state index contributed by atoms with van der Waals surface area (Å²) in [6.07, 6.45) is 2.36. The highest BCUT2D eigenvalue weighted by molar-refractivity contribution is 6.37. The molecule has 8 heteroatoms. The summed E-state index contributed by atoms with van der Waals surface area (Å²) in [7, 11) is 1.65. The molecule has 0 aromatic heterocycles. The van der Waals surface area contributed by atoms with E-state index < -0.39 is 5.97 Å². The zero-order valence-corrected chi connectivity index (χ0v) is 18.9. The molecule has 1 unspecified atom stereocenters. The van der Waals surface area contributed by atoms with E-state index in [0.29, 0.717) is 33.0 Å². The SMILES string of the molecule is CCOC(=O)CO/N=C\c1cc(Cl)c(Oc2ccc(OC)c(C(C)CC)c2)c(Cl)c1. The van der Waals surface area contributed by atoms with Crippen LogP contribution in [0.25, 0.3) is 0 Å². The van der Waals surface area contributed by atoms with Crippen LogP contribution in [0.1, 0.15) is 44.2 Å². The van der Waals surface area contributed by atoms with E-state index in [2.05, 4.69) is 19.0 Å². The summed E-state index contributed by atoms with van der Waals surface area (Å²) in [6, 6.07) is 8.87. The summed E-state index contributed by atoms with van der Waals surface area (Å²) in [5.41, 5.74) is 1.64. The third-order valence-electron chi connectivity index (χ3n) is 4.35. The number of nitrogens with zero attached hydrogens (tertiary/aromatic N) is 1. The number of rotatable bonds is 10. The number of ether oxygens (including phenoxy) is 3. The van der Waals surface area contributed by atoms with Crippen LogP contribution in [0.5, 0.6) is 17.2 Å². The number of oxime groups is 1. The highest BCUT2D eigenvalue weighted by Gasteiger charge is 2.15. The van der Waals surface area contributed by atoms with Gasteiger partial charge >= 0.3 is 5.97 Å². The average molecular weight is 454 g/mol. The topological polar surface area (TPSA) is 66.4 Å². The zero-order chi connectivity index (χ0) is 22.1. The van der Waals surface area contributed by atoms with Gasteiger partial charge in [-0.15, -0.1) is 0 Å². The highest BCUT2D eigenvalue weighted by Crippen LogP contribution is 2.39. The molecule has 30 heavy (non-hydrogen) atoms. The lowest BCUT2D eigenvalue weighted by atomic mass is 9.97. The second-order valence-corrected chi connectivity index (χ2v) is 7.26. The normalized spacial score (nSPS) is 11.9. The maximum absolute atomic E-state index is 11.2. The van der Waals surface area contributed by atoms with Crippen molar-refractivity contribution in [1.29, 1.82) is 0 Å². The van der Waals surface area contributed by atoms with Gasteiger partial charge in [-0.3, -0.25) is 0 Å². The van der Waals surface area contributed by atoms with Gasteiger partial charge in [-0.1, -0.05) is 42.2 Å². The van der Waals surface area contributed by atoms with Gasteiger partial charge in [-0.25, -0.2) is 4.79 Å². The quantitative estimate of drug-likeness (QED) is 0.242. The van der Waals surface area contributed by atoms with E-state index in [0.717, 1.165) is 17.7 Å². The van der Waals surface area contributed by atoms with E-state index >= 15 is 0 Å². The largest absolute Gasteiger partial charge is 0.496 e. The maximum Gasteiger partial charge on any atom is 0.347 e. The van der Waals surface area contributed by atoms with Crippen LogP contribution in [0, 0.1) is 0 Å². The van der Waals surface area contributed by atoms with Gasteiger partial charge in [0.1, 0.15) is 11.5 Å². The van der Waals surface area contributed by atoms with Crippen molar-refractivity contribution in [3.05, 3.63) is 51.5 Å². The molecule has 0 aliphatic rings. The smallest absolute Gasteiger partial charge is 0.347 e. The van der Waals surface area contributed by atoms with E-state index in [1.54, 1.807) is 32.2 Å². The van der Waals surface area contributed by atoms with Crippen molar-refractivity contribution >= 4 is 35.4 Å². The molecule has 2 rings (SSSR count). The van der Waals surface area contributed by atoms with Crippen LogP contribution in [0.3, 0.4) is 0 Å². The molecule has 6 nitrogen and oxygen atoms in total. The molecule has 0 saturated heterocycles. The Morgan fingerprint density at radius 3 is 2.47 bits per heavy atom. The predicted molar refractivity (Wildman–Crippen MR) is 118 cm³/mol. The molecule has 0 radical (unpaired) electrons. The molecule has 0 amide bonds. The molecule has 0 fully saturated rings. The molecule has 0 saturated carbocycles. The van der Waals surface area contributed by atoms with Crippen LogP contribution in [0.15, 0.2) is 35.5 Å². The second-order valence-electron chi connectivity index (χ2n) is 6.44. The fourth-order valence-corrected chi connectivity index (χ4v) is 3.22. The molecule has 2 aromatic rings. The maximum atomic E-state index is 11.2. The lowest BCUT2D eigenvalue weighted by Gasteiger charge is -2.16. The third kappa shape index (κ3) is 6.54. The molecular formula is C22H25Cl2NO5. The van der Waals surface area contributed by atoms with E-state index in [1.165, 1.54) is 6.21 Å². The standard InChI is InChI=1S/C22H25Cl2NO5/c1-5-14(3)17-11-16(7-8-20(17)27-4)30-22-18(23)9-15(10-19(22)24)12-25-29-13-21(26)28-6-2/h7-12,14H,5-6,13H2,1-4H3/b25-12-. The van der Waals surface area contributed by atoms with Crippen LogP contribution in [0.2, 0.25) is 10.0 Å². The van der Waals surface area contributed by atoms with Gasteiger partial charge in [0.05, 0.1) is 30.0 Å². The summed E-state index contributed by atoms with van der Waals surface area (Å²) in [5.74, 6) is 1.56. The van der Waals surface area contributed by atoms with Crippen molar-refractivity contribution in [2.45, 2.75) is 33.1 Å².